The van der Waals surface area contributed by atoms with Crippen LogP contribution in [0.1, 0.15) is 16.5 Å². The predicted octanol–water partition coefficient (Wildman–Crippen LogP) is 1.76. The van der Waals surface area contributed by atoms with Gasteiger partial charge < -0.3 is 5.73 Å². The predicted molar refractivity (Wildman–Crippen MR) is 49.0 cm³/mol. The zero-order valence-corrected chi connectivity index (χ0v) is 7.51. The van der Waals surface area contributed by atoms with E-state index in [1.165, 1.54) is 0 Å². The SMILES string of the molecule is Cc1ccc(C(Cl)C(N)=O)cc1. The minimum atomic E-state index is -0.717. The van der Waals surface area contributed by atoms with Gasteiger partial charge in [-0.1, -0.05) is 29.8 Å². The standard InChI is InChI=1S/C9H10ClNO/c1-6-2-4-7(5-3-6)8(10)9(11)12/h2-5,8H,1H3,(H2,11,12). The topological polar surface area (TPSA) is 43.1 Å². The van der Waals surface area contributed by atoms with Crippen molar-refractivity contribution in [2.75, 3.05) is 0 Å². The molecule has 1 amide bonds. The third-order valence-electron chi connectivity index (χ3n) is 1.62. The van der Waals surface area contributed by atoms with Crippen LogP contribution in [0.25, 0.3) is 0 Å². The van der Waals surface area contributed by atoms with Gasteiger partial charge in [-0.25, -0.2) is 0 Å². The molecule has 0 aliphatic heterocycles. The number of hydrogen-bond donors (Lipinski definition) is 1. The molecule has 0 aliphatic carbocycles. The molecule has 1 atom stereocenters. The summed E-state index contributed by atoms with van der Waals surface area (Å²) in [4.78, 5) is 10.7. The van der Waals surface area contributed by atoms with E-state index in [9.17, 15) is 4.79 Å². The molecule has 0 bridgehead atoms. The van der Waals surface area contributed by atoms with Crippen LogP contribution in [0.4, 0.5) is 0 Å². The van der Waals surface area contributed by atoms with E-state index in [4.69, 9.17) is 17.3 Å². The van der Waals surface area contributed by atoms with Crippen molar-refractivity contribution in [3.05, 3.63) is 35.4 Å². The molecule has 12 heavy (non-hydrogen) atoms. The maximum atomic E-state index is 10.7. The van der Waals surface area contributed by atoms with Crippen molar-refractivity contribution >= 4 is 17.5 Å². The number of primary amides is 1. The molecule has 1 rings (SSSR count). The van der Waals surface area contributed by atoms with Crippen molar-refractivity contribution in [3.8, 4) is 0 Å². The van der Waals surface area contributed by atoms with E-state index in [0.717, 1.165) is 11.1 Å². The van der Waals surface area contributed by atoms with Gasteiger partial charge in [-0.3, -0.25) is 4.79 Å². The third kappa shape index (κ3) is 1.98. The fourth-order valence-electron chi connectivity index (χ4n) is 0.900. The van der Waals surface area contributed by atoms with E-state index in [2.05, 4.69) is 0 Å². The number of alkyl halides is 1. The lowest BCUT2D eigenvalue weighted by Gasteiger charge is -2.04. The molecule has 0 spiro atoms. The highest BCUT2D eigenvalue weighted by Crippen LogP contribution is 2.19. The van der Waals surface area contributed by atoms with Crippen molar-refractivity contribution in [1.29, 1.82) is 0 Å². The summed E-state index contributed by atoms with van der Waals surface area (Å²) >= 11 is 5.72. The van der Waals surface area contributed by atoms with Gasteiger partial charge in [0, 0.05) is 0 Å². The van der Waals surface area contributed by atoms with Gasteiger partial charge in [-0.2, -0.15) is 0 Å². The summed E-state index contributed by atoms with van der Waals surface area (Å²) in [6.45, 7) is 1.97. The second kappa shape index (κ2) is 3.59. The lowest BCUT2D eigenvalue weighted by Crippen LogP contribution is -2.16. The van der Waals surface area contributed by atoms with Gasteiger partial charge in [0.1, 0.15) is 5.38 Å². The van der Waals surface area contributed by atoms with Crippen LogP contribution in [-0.4, -0.2) is 5.91 Å². The number of benzene rings is 1. The lowest BCUT2D eigenvalue weighted by molar-refractivity contribution is -0.117. The Bertz CT molecular complexity index is 281. The smallest absolute Gasteiger partial charge is 0.240 e. The van der Waals surface area contributed by atoms with Gasteiger partial charge in [0.15, 0.2) is 0 Å². The van der Waals surface area contributed by atoms with Crippen molar-refractivity contribution in [1.82, 2.24) is 0 Å². The van der Waals surface area contributed by atoms with Crippen molar-refractivity contribution in [2.45, 2.75) is 12.3 Å². The van der Waals surface area contributed by atoms with E-state index in [0.29, 0.717) is 0 Å². The van der Waals surface area contributed by atoms with Crippen LogP contribution in [0.15, 0.2) is 24.3 Å². The van der Waals surface area contributed by atoms with Gasteiger partial charge >= 0.3 is 0 Å². The molecule has 0 saturated heterocycles. The number of amides is 1. The van der Waals surface area contributed by atoms with Crippen LogP contribution < -0.4 is 5.73 Å². The number of carbonyl (C=O) groups excluding carboxylic acids is 1. The zero-order chi connectivity index (χ0) is 9.14. The van der Waals surface area contributed by atoms with E-state index in [-0.39, 0.29) is 0 Å². The summed E-state index contributed by atoms with van der Waals surface area (Å²) in [5.41, 5.74) is 6.91. The Balaban J connectivity index is 2.89. The molecule has 2 nitrogen and oxygen atoms in total. The largest absolute Gasteiger partial charge is 0.368 e. The fourth-order valence-corrected chi connectivity index (χ4v) is 1.05. The normalized spacial score (nSPS) is 12.5. The number of rotatable bonds is 2. The molecule has 0 aromatic heterocycles. The van der Waals surface area contributed by atoms with Crippen LogP contribution in [0, 0.1) is 6.92 Å². The molecular formula is C9H10ClNO. The number of halogens is 1. The minimum absolute atomic E-state index is 0.513. The van der Waals surface area contributed by atoms with Crippen LogP contribution in [0.3, 0.4) is 0 Å². The van der Waals surface area contributed by atoms with E-state index >= 15 is 0 Å². The van der Waals surface area contributed by atoms with Crippen molar-refractivity contribution < 1.29 is 4.79 Å². The Hall–Kier alpha value is -1.02. The number of aryl methyl sites for hydroxylation is 1. The highest BCUT2D eigenvalue weighted by molar-refractivity contribution is 6.30. The molecule has 0 aliphatic rings. The molecule has 0 saturated carbocycles. The third-order valence-corrected chi connectivity index (χ3v) is 2.09. The Morgan fingerprint density at radius 2 is 1.92 bits per heavy atom. The molecule has 3 heteroatoms. The molecule has 0 radical (unpaired) electrons. The van der Waals surface area contributed by atoms with Crippen LogP contribution in [-0.2, 0) is 4.79 Å². The fraction of sp³-hybridized carbons (Fsp3) is 0.222. The summed E-state index contributed by atoms with van der Waals surface area (Å²) < 4.78 is 0. The maximum absolute atomic E-state index is 10.7. The zero-order valence-electron chi connectivity index (χ0n) is 6.75. The van der Waals surface area contributed by atoms with E-state index in [1.54, 1.807) is 12.1 Å². The van der Waals surface area contributed by atoms with Crippen LogP contribution in [0.5, 0.6) is 0 Å². The molecule has 1 unspecified atom stereocenters. The number of hydrogen-bond acceptors (Lipinski definition) is 1. The van der Waals surface area contributed by atoms with Crippen LogP contribution in [0.2, 0.25) is 0 Å². The summed E-state index contributed by atoms with van der Waals surface area (Å²) in [6.07, 6.45) is 0. The maximum Gasteiger partial charge on any atom is 0.240 e. The second-order valence-electron chi connectivity index (χ2n) is 2.68. The molecular weight excluding hydrogens is 174 g/mol. The van der Waals surface area contributed by atoms with Gasteiger partial charge in [0.2, 0.25) is 5.91 Å². The Labute approximate surface area is 76.3 Å². The van der Waals surface area contributed by atoms with E-state index in [1.807, 2.05) is 19.1 Å². The Morgan fingerprint density at radius 1 is 1.42 bits per heavy atom. The first-order valence-electron chi connectivity index (χ1n) is 3.61. The summed E-state index contributed by atoms with van der Waals surface area (Å²) in [7, 11) is 0. The first kappa shape index (κ1) is 9.07. The van der Waals surface area contributed by atoms with Gasteiger partial charge in [0.05, 0.1) is 0 Å². The molecule has 0 fully saturated rings. The molecule has 1 aromatic rings. The molecule has 2 N–H and O–H groups in total. The highest BCUT2D eigenvalue weighted by Gasteiger charge is 2.12. The average molecular weight is 184 g/mol. The molecule has 64 valence electrons. The quantitative estimate of drug-likeness (QED) is 0.698. The Kier molecular flexibility index (Phi) is 2.71. The first-order chi connectivity index (χ1) is 5.61. The summed E-state index contributed by atoms with van der Waals surface area (Å²) in [5, 5.41) is -0.717. The van der Waals surface area contributed by atoms with Crippen LogP contribution >= 0.6 is 11.6 Å². The number of carbonyl (C=O) groups is 1. The second-order valence-corrected chi connectivity index (χ2v) is 3.11. The monoisotopic (exact) mass is 183 g/mol. The summed E-state index contributed by atoms with van der Waals surface area (Å²) in [6, 6.07) is 7.40. The molecule has 0 heterocycles. The Morgan fingerprint density at radius 3 is 2.33 bits per heavy atom. The van der Waals surface area contributed by atoms with Crippen molar-refractivity contribution in [3.63, 3.8) is 0 Å². The lowest BCUT2D eigenvalue weighted by atomic mass is 10.1. The molecule has 1 aromatic carbocycles. The van der Waals surface area contributed by atoms with E-state index < -0.39 is 11.3 Å². The van der Waals surface area contributed by atoms with Gasteiger partial charge in [-0.15, -0.1) is 11.6 Å². The number of nitrogens with two attached hydrogens (primary N) is 1. The summed E-state index contributed by atoms with van der Waals surface area (Å²) in [5.74, 6) is -0.513. The minimum Gasteiger partial charge on any atom is -0.368 e. The van der Waals surface area contributed by atoms with Gasteiger partial charge in [0.25, 0.3) is 0 Å². The van der Waals surface area contributed by atoms with Gasteiger partial charge in [-0.05, 0) is 12.5 Å². The van der Waals surface area contributed by atoms with Crippen molar-refractivity contribution in [2.24, 2.45) is 5.73 Å². The highest BCUT2D eigenvalue weighted by atomic mass is 35.5. The first-order valence-corrected chi connectivity index (χ1v) is 4.05. The average Bonchev–Trinajstić information content (AvgIpc) is 2.04.